The van der Waals surface area contributed by atoms with Crippen molar-refractivity contribution in [2.24, 2.45) is 0 Å². The molecule has 190 valence electrons. The Balaban J connectivity index is 2.26. The second kappa shape index (κ2) is 9.54. The minimum atomic E-state index is -4.70. The third-order valence-corrected chi connectivity index (χ3v) is 7.64. The Bertz CT molecular complexity index is 1410. The number of anilines is 1. The quantitative estimate of drug-likeness (QED) is 0.529. The second-order valence-electron chi connectivity index (χ2n) is 8.04. The molecule has 0 saturated carbocycles. The summed E-state index contributed by atoms with van der Waals surface area (Å²) in [5.74, 6) is -0.426. The van der Waals surface area contributed by atoms with Crippen molar-refractivity contribution in [2.45, 2.75) is 43.1 Å². The van der Waals surface area contributed by atoms with Crippen molar-refractivity contribution in [3.63, 3.8) is 0 Å². The van der Waals surface area contributed by atoms with Crippen LogP contribution in [-0.4, -0.2) is 31.0 Å². The van der Waals surface area contributed by atoms with E-state index in [0.717, 1.165) is 23.1 Å². The molecule has 0 aromatic heterocycles. The summed E-state index contributed by atoms with van der Waals surface area (Å²) >= 11 is 0. The number of allylic oxidation sites excluding steroid dienone is 1. The number of rotatable bonds is 5. The lowest BCUT2D eigenvalue weighted by Gasteiger charge is -2.35. The van der Waals surface area contributed by atoms with Gasteiger partial charge in [-0.2, -0.15) is 18.4 Å². The minimum Gasteiger partial charge on any atom is -0.449 e. The topological polar surface area (TPSA) is 137 Å². The van der Waals surface area contributed by atoms with Crippen LogP contribution in [0.1, 0.15) is 43.5 Å². The van der Waals surface area contributed by atoms with E-state index >= 15 is 0 Å². The lowest BCUT2D eigenvalue weighted by Crippen LogP contribution is -2.47. The first-order valence-electron chi connectivity index (χ1n) is 10.4. The summed E-state index contributed by atoms with van der Waals surface area (Å²) in [4.78, 5) is 25.1. The van der Waals surface area contributed by atoms with E-state index in [-0.39, 0.29) is 27.4 Å². The molecule has 1 aliphatic rings. The van der Waals surface area contributed by atoms with Crippen LogP contribution in [0.3, 0.4) is 0 Å². The number of alkyl halides is 3. The highest BCUT2D eigenvalue weighted by atomic mass is 32.2. The number of hydrogen-bond acceptors (Lipinski definition) is 6. The first-order chi connectivity index (χ1) is 16.7. The molecule has 1 aliphatic heterocycles. The lowest BCUT2D eigenvalue weighted by molar-refractivity contribution is -0.137. The van der Waals surface area contributed by atoms with Crippen molar-refractivity contribution in [3.8, 4) is 6.07 Å². The smallest absolute Gasteiger partial charge is 0.449 e. The standard InChI is InChI=1S/C23H20F3N3O6S/c1-12(2)36(33,34)18-9-14(11-27)7-8-17(18)19-20(35-22(31)32)13(3)29(21(30)28-19)16-6-4-5-15(10-16)23(24,25)26/h4-10,12,19H,1-3H3,(H,28,30)(H,31,32). The SMILES string of the molecule is CC1=C(OC(=O)O)C(c2ccc(C#N)cc2S(=O)(=O)C(C)C)NC(=O)N1c1cccc(C(F)(F)F)c1. The van der Waals surface area contributed by atoms with Gasteiger partial charge in [-0.3, -0.25) is 4.90 Å². The van der Waals surface area contributed by atoms with Crippen LogP contribution in [0.15, 0.2) is 58.8 Å². The molecule has 2 aromatic rings. The summed E-state index contributed by atoms with van der Waals surface area (Å²) < 4.78 is 70.7. The fraction of sp³-hybridized carbons (Fsp3) is 0.261. The van der Waals surface area contributed by atoms with Crippen LogP contribution in [0.25, 0.3) is 0 Å². The van der Waals surface area contributed by atoms with Crippen molar-refractivity contribution in [1.29, 1.82) is 5.26 Å². The third-order valence-electron chi connectivity index (χ3n) is 5.43. The Hall–Kier alpha value is -4.05. The normalized spacial score (nSPS) is 16.6. The van der Waals surface area contributed by atoms with Gasteiger partial charge in [0, 0.05) is 5.56 Å². The molecular formula is C23H20F3N3O6S. The molecule has 13 heteroatoms. The zero-order valence-electron chi connectivity index (χ0n) is 19.1. The van der Waals surface area contributed by atoms with Crippen LogP contribution in [0.2, 0.25) is 0 Å². The van der Waals surface area contributed by atoms with Crippen LogP contribution in [0.4, 0.5) is 28.4 Å². The van der Waals surface area contributed by atoms with Gasteiger partial charge in [-0.1, -0.05) is 12.1 Å². The number of carboxylic acid groups (broad SMARTS) is 1. The van der Waals surface area contributed by atoms with Crippen LogP contribution >= 0.6 is 0 Å². The summed E-state index contributed by atoms with van der Waals surface area (Å²) in [6, 6.07) is 6.88. The number of sulfone groups is 1. The number of nitrogens with one attached hydrogen (secondary N) is 1. The van der Waals surface area contributed by atoms with Crippen molar-refractivity contribution < 1.29 is 41.0 Å². The minimum absolute atomic E-state index is 0.00658. The molecule has 3 rings (SSSR count). The summed E-state index contributed by atoms with van der Waals surface area (Å²) in [6.07, 6.45) is -6.50. The van der Waals surface area contributed by atoms with Gasteiger partial charge < -0.3 is 15.2 Å². The molecule has 0 radical (unpaired) electrons. The average Bonchev–Trinajstić information content (AvgIpc) is 2.79. The number of urea groups is 1. The predicted octanol–water partition coefficient (Wildman–Crippen LogP) is 4.96. The lowest BCUT2D eigenvalue weighted by atomic mass is 10.00. The highest BCUT2D eigenvalue weighted by molar-refractivity contribution is 7.92. The number of hydrogen-bond donors (Lipinski definition) is 2. The Morgan fingerprint density at radius 1 is 1.22 bits per heavy atom. The van der Waals surface area contributed by atoms with Gasteiger partial charge in [0.05, 0.1) is 38.7 Å². The molecule has 9 nitrogen and oxygen atoms in total. The monoisotopic (exact) mass is 523 g/mol. The van der Waals surface area contributed by atoms with Crippen LogP contribution < -0.4 is 10.2 Å². The van der Waals surface area contributed by atoms with Crippen molar-refractivity contribution in [2.75, 3.05) is 4.90 Å². The van der Waals surface area contributed by atoms with E-state index in [1.54, 1.807) is 0 Å². The highest BCUT2D eigenvalue weighted by Gasteiger charge is 2.39. The molecule has 0 bridgehead atoms. The number of carbonyl (C=O) groups excluding carboxylic acids is 1. The summed E-state index contributed by atoms with van der Waals surface area (Å²) in [7, 11) is -4.03. The molecule has 1 heterocycles. The molecule has 0 fully saturated rings. The molecule has 0 spiro atoms. The number of amides is 2. The fourth-order valence-electron chi connectivity index (χ4n) is 3.65. The predicted molar refractivity (Wildman–Crippen MR) is 120 cm³/mol. The van der Waals surface area contributed by atoms with Gasteiger partial charge >= 0.3 is 18.4 Å². The molecule has 2 aromatic carbocycles. The Labute approximate surface area is 204 Å². The maximum Gasteiger partial charge on any atom is 0.511 e. The van der Waals surface area contributed by atoms with Gasteiger partial charge in [0.1, 0.15) is 6.04 Å². The van der Waals surface area contributed by atoms with E-state index in [4.69, 9.17) is 4.74 Å². The van der Waals surface area contributed by atoms with E-state index in [2.05, 4.69) is 5.32 Å². The van der Waals surface area contributed by atoms with Crippen molar-refractivity contribution >= 4 is 27.7 Å². The van der Waals surface area contributed by atoms with Gasteiger partial charge in [0.25, 0.3) is 0 Å². The Kier molecular flexibility index (Phi) is 7.04. The second-order valence-corrected chi connectivity index (χ2v) is 10.5. The molecule has 2 N–H and O–H groups in total. The fourth-order valence-corrected chi connectivity index (χ4v) is 4.96. The Morgan fingerprint density at radius 2 is 1.89 bits per heavy atom. The molecular weight excluding hydrogens is 503 g/mol. The number of ether oxygens (including phenoxy) is 1. The van der Waals surface area contributed by atoms with Crippen LogP contribution in [0.5, 0.6) is 0 Å². The highest BCUT2D eigenvalue weighted by Crippen LogP contribution is 2.39. The molecule has 1 unspecified atom stereocenters. The zero-order valence-corrected chi connectivity index (χ0v) is 19.9. The zero-order chi connectivity index (χ0) is 27.0. The maximum absolute atomic E-state index is 13.2. The van der Waals surface area contributed by atoms with Gasteiger partial charge in [-0.25, -0.2) is 18.0 Å². The van der Waals surface area contributed by atoms with Crippen LogP contribution in [-0.2, 0) is 20.8 Å². The van der Waals surface area contributed by atoms with Crippen molar-refractivity contribution in [3.05, 3.63) is 70.6 Å². The third kappa shape index (κ3) is 4.99. The first-order valence-corrected chi connectivity index (χ1v) is 11.9. The number of carbonyl (C=O) groups is 2. The molecule has 2 amide bonds. The van der Waals surface area contributed by atoms with Gasteiger partial charge in [0.15, 0.2) is 15.6 Å². The number of nitriles is 1. The van der Waals surface area contributed by atoms with Crippen molar-refractivity contribution in [1.82, 2.24) is 5.32 Å². The van der Waals surface area contributed by atoms with Gasteiger partial charge in [-0.15, -0.1) is 0 Å². The molecule has 1 atom stereocenters. The largest absolute Gasteiger partial charge is 0.511 e. The number of halogens is 3. The van der Waals surface area contributed by atoms with E-state index in [9.17, 15) is 41.5 Å². The first kappa shape index (κ1) is 26.6. The van der Waals surface area contributed by atoms with Crippen LogP contribution in [0, 0.1) is 11.3 Å². The summed E-state index contributed by atoms with van der Waals surface area (Å²) in [5.41, 5.74) is -1.51. The van der Waals surface area contributed by atoms with Gasteiger partial charge in [0.2, 0.25) is 0 Å². The number of benzene rings is 2. The molecule has 36 heavy (non-hydrogen) atoms. The molecule has 0 aliphatic carbocycles. The maximum atomic E-state index is 13.2. The van der Waals surface area contributed by atoms with E-state index in [1.165, 1.54) is 39.0 Å². The average molecular weight is 523 g/mol. The van der Waals surface area contributed by atoms with E-state index < -0.39 is 50.8 Å². The number of nitrogens with zero attached hydrogens (tertiary/aromatic N) is 2. The van der Waals surface area contributed by atoms with Gasteiger partial charge in [-0.05, 0) is 51.1 Å². The summed E-state index contributed by atoms with van der Waals surface area (Å²) in [6.45, 7) is 4.07. The van der Waals surface area contributed by atoms with E-state index in [1.807, 2.05) is 6.07 Å². The Morgan fingerprint density at radius 3 is 2.44 bits per heavy atom. The summed E-state index contributed by atoms with van der Waals surface area (Å²) in [5, 5.41) is 20.1. The van der Waals surface area contributed by atoms with E-state index in [0.29, 0.717) is 6.07 Å². The molecule has 0 saturated heterocycles.